The Morgan fingerprint density at radius 2 is 1.60 bits per heavy atom. The van der Waals surface area contributed by atoms with Gasteiger partial charge in [0.25, 0.3) is 5.91 Å². The molecule has 0 unspecified atom stereocenters. The largest absolute Gasteiger partial charge is 0.322 e. The van der Waals surface area contributed by atoms with Crippen LogP contribution in [0.4, 0.5) is 10.1 Å². The van der Waals surface area contributed by atoms with E-state index in [4.69, 9.17) is 0 Å². The van der Waals surface area contributed by atoms with Crippen molar-refractivity contribution in [2.75, 3.05) is 5.32 Å². The van der Waals surface area contributed by atoms with Gasteiger partial charge in [-0.3, -0.25) is 4.79 Å². The minimum Gasteiger partial charge on any atom is -0.322 e. The van der Waals surface area contributed by atoms with Gasteiger partial charge >= 0.3 is 0 Å². The van der Waals surface area contributed by atoms with Gasteiger partial charge in [0.1, 0.15) is 5.82 Å². The van der Waals surface area contributed by atoms with Gasteiger partial charge in [0.05, 0.1) is 5.56 Å². The van der Waals surface area contributed by atoms with Gasteiger partial charge in [-0.05, 0) is 29.2 Å². The molecule has 0 atom stereocenters. The van der Waals surface area contributed by atoms with Crippen LogP contribution in [0.1, 0.15) is 36.7 Å². The maximum atomic E-state index is 13.6. The molecule has 3 heteroatoms. The normalized spacial score (nSPS) is 11.2. The highest BCUT2D eigenvalue weighted by molar-refractivity contribution is 6.04. The van der Waals surface area contributed by atoms with Gasteiger partial charge in [-0.25, -0.2) is 4.39 Å². The molecule has 2 aromatic rings. The fourth-order valence-corrected chi connectivity index (χ4v) is 2.08. The molecule has 0 heterocycles. The summed E-state index contributed by atoms with van der Waals surface area (Å²) in [5.74, 6) is -0.946. The number of halogens is 1. The summed E-state index contributed by atoms with van der Waals surface area (Å²) in [6.45, 7) is 6.21. The molecule has 0 fully saturated rings. The molecule has 1 N–H and O–H groups in total. The lowest BCUT2D eigenvalue weighted by Crippen LogP contribution is -2.19. The second-order valence-electron chi connectivity index (χ2n) is 5.73. The van der Waals surface area contributed by atoms with Gasteiger partial charge < -0.3 is 5.32 Å². The van der Waals surface area contributed by atoms with Crippen molar-refractivity contribution in [1.82, 2.24) is 0 Å². The van der Waals surface area contributed by atoms with Crippen LogP contribution in [0.5, 0.6) is 0 Å². The summed E-state index contributed by atoms with van der Waals surface area (Å²) in [7, 11) is 0. The summed E-state index contributed by atoms with van der Waals surface area (Å²) >= 11 is 0. The molecule has 0 bridgehead atoms. The highest BCUT2D eigenvalue weighted by Gasteiger charge is 2.19. The van der Waals surface area contributed by atoms with Crippen molar-refractivity contribution in [2.24, 2.45) is 0 Å². The van der Waals surface area contributed by atoms with E-state index in [0.29, 0.717) is 5.69 Å². The third-order valence-corrected chi connectivity index (χ3v) is 3.10. The first-order valence-electron chi connectivity index (χ1n) is 6.55. The Morgan fingerprint density at radius 1 is 1.00 bits per heavy atom. The van der Waals surface area contributed by atoms with Crippen LogP contribution in [0.3, 0.4) is 0 Å². The van der Waals surface area contributed by atoms with E-state index in [1.807, 2.05) is 24.3 Å². The van der Waals surface area contributed by atoms with Crippen molar-refractivity contribution in [3.05, 3.63) is 65.5 Å². The summed E-state index contributed by atoms with van der Waals surface area (Å²) in [4.78, 5) is 12.2. The van der Waals surface area contributed by atoms with Crippen LogP contribution in [0.15, 0.2) is 48.5 Å². The van der Waals surface area contributed by atoms with E-state index in [-0.39, 0.29) is 11.0 Å². The Labute approximate surface area is 118 Å². The third-order valence-electron chi connectivity index (χ3n) is 3.10. The lowest BCUT2D eigenvalue weighted by atomic mass is 9.86. The maximum Gasteiger partial charge on any atom is 0.258 e. The van der Waals surface area contributed by atoms with Gasteiger partial charge in [-0.15, -0.1) is 0 Å². The maximum absolute atomic E-state index is 13.6. The van der Waals surface area contributed by atoms with E-state index in [0.717, 1.165) is 5.56 Å². The molecule has 0 spiro atoms. The molecular formula is C17H18FNO. The first kappa shape index (κ1) is 14.3. The van der Waals surface area contributed by atoms with Gasteiger partial charge in [0.15, 0.2) is 0 Å². The lowest BCUT2D eigenvalue weighted by Gasteiger charge is -2.23. The third kappa shape index (κ3) is 3.05. The zero-order valence-electron chi connectivity index (χ0n) is 11.9. The number of amides is 1. The zero-order valence-corrected chi connectivity index (χ0v) is 11.9. The molecule has 0 aliphatic carbocycles. The number of rotatable bonds is 2. The van der Waals surface area contributed by atoms with E-state index in [1.165, 1.54) is 12.1 Å². The monoisotopic (exact) mass is 271 g/mol. The molecule has 2 aromatic carbocycles. The number of carbonyl (C=O) groups excluding carboxylic acids is 1. The van der Waals surface area contributed by atoms with Gasteiger partial charge in [-0.1, -0.05) is 51.1 Å². The van der Waals surface area contributed by atoms with Crippen molar-refractivity contribution in [3.8, 4) is 0 Å². The Hall–Kier alpha value is -2.16. The zero-order chi connectivity index (χ0) is 14.8. The smallest absolute Gasteiger partial charge is 0.258 e. The highest BCUT2D eigenvalue weighted by atomic mass is 19.1. The van der Waals surface area contributed by atoms with Crippen molar-refractivity contribution in [1.29, 1.82) is 0 Å². The van der Waals surface area contributed by atoms with Crippen LogP contribution < -0.4 is 5.32 Å². The fraction of sp³-hybridized carbons (Fsp3) is 0.235. The summed E-state index contributed by atoms with van der Waals surface area (Å²) in [6, 6.07) is 13.6. The number of benzene rings is 2. The quantitative estimate of drug-likeness (QED) is 0.863. The lowest BCUT2D eigenvalue weighted by molar-refractivity contribution is 0.102. The summed E-state index contributed by atoms with van der Waals surface area (Å²) < 4.78 is 13.6. The van der Waals surface area contributed by atoms with E-state index >= 15 is 0 Å². The van der Waals surface area contributed by atoms with Crippen LogP contribution in [0.2, 0.25) is 0 Å². The second-order valence-corrected chi connectivity index (χ2v) is 5.73. The molecule has 1 amide bonds. The number of carbonyl (C=O) groups is 1. The number of anilines is 1. The standard InChI is InChI=1S/C17H18FNO/c1-17(2,3)13-9-5-7-11-15(13)19-16(20)12-8-4-6-10-14(12)18/h4-11H,1-3H3,(H,19,20). The minimum atomic E-state index is -0.516. The average molecular weight is 271 g/mol. The Bertz CT molecular complexity index is 629. The van der Waals surface area contributed by atoms with E-state index in [9.17, 15) is 9.18 Å². The van der Waals surface area contributed by atoms with E-state index in [2.05, 4.69) is 26.1 Å². The SMILES string of the molecule is CC(C)(C)c1ccccc1NC(=O)c1ccccc1F. The van der Waals surface area contributed by atoms with Crippen LogP contribution in [-0.4, -0.2) is 5.91 Å². The number of hydrogen-bond acceptors (Lipinski definition) is 1. The molecule has 104 valence electrons. The summed E-state index contributed by atoms with van der Waals surface area (Å²) in [6.07, 6.45) is 0. The minimum absolute atomic E-state index is 0.0520. The summed E-state index contributed by atoms with van der Waals surface area (Å²) in [5, 5.41) is 2.80. The Morgan fingerprint density at radius 3 is 2.25 bits per heavy atom. The molecule has 2 nitrogen and oxygen atoms in total. The fourth-order valence-electron chi connectivity index (χ4n) is 2.08. The summed E-state index contributed by atoms with van der Waals surface area (Å²) in [5.41, 5.74) is 1.69. The van der Waals surface area contributed by atoms with E-state index in [1.54, 1.807) is 12.1 Å². The first-order chi connectivity index (χ1) is 9.39. The molecule has 0 aromatic heterocycles. The van der Waals surface area contributed by atoms with E-state index < -0.39 is 11.7 Å². The van der Waals surface area contributed by atoms with Crippen LogP contribution >= 0.6 is 0 Å². The first-order valence-corrected chi connectivity index (χ1v) is 6.55. The van der Waals surface area contributed by atoms with Gasteiger partial charge in [0.2, 0.25) is 0 Å². The molecule has 0 aliphatic heterocycles. The van der Waals surface area contributed by atoms with Crippen molar-refractivity contribution >= 4 is 11.6 Å². The molecule has 0 saturated carbocycles. The Balaban J connectivity index is 2.32. The van der Waals surface area contributed by atoms with Crippen LogP contribution in [0.25, 0.3) is 0 Å². The molecule has 0 aliphatic rings. The number of para-hydroxylation sites is 1. The molecule has 2 rings (SSSR count). The highest BCUT2D eigenvalue weighted by Crippen LogP contribution is 2.29. The molecule has 0 radical (unpaired) electrons. The molecular weight excluding hydrogens is 253 g/mol. The predicted molar refractivity (Wildman–Crippen MR) is 79.5 cm³/mol. The van der Waals surface area contributed by atoms with Crippen molar-refractivity contribution in [2.45, 2.75) is 26.2 Å². The molecule has 0 saturated heterocycles. The van der Waals surface area contributed by atoms with Crippen molar-refractivity contribution < 1.29 is 9.18 Å². The number of hydrogen-bond donors (Lipinski definition) is 1. The molecule has 20 heavy (non-hydrogen) atoms. The van der Waals surface area contributed by atoms with Crippen molar-refractivity contribution in [3.63, 3.8) is 0 Å². The average Bonchev–Trinajstić information content (AvgIpc) is 2.38. The Kier molecular flexibility index (Phi) is 3.89. The predicted octanol–water partition coefficient (Wildman–Crippen LogP) is 4.38. The topological polar surface area (TPSA) is 29.1 Å². The van der Waals surface area contributed by atoms with Crippen LogP contribution in [0, 0.1) is 5.82 Å². The van der Waals surface area contributed by atoms with Gasteiger partial charge in [0, 0.05) is 5.69 Å². The van der Waals surface area contributed by atoms with Gasteiger partial charge in [-0.2, -0.15) is 0 Å². The second kappa shape index (κ2) is 5.45. The number of nitrogens with one attached hydrogen (secondary N) is 1. The van der Waals surface area contributed by atoms with Crippen LogP contribution in [-0.2, 0) is 5.41 Å².